The van der Waals surface area contributed by atoms with E-state index >= 15 is 0 Å². The number of nitrogens with one attached hydrogen (secondary N) is 1. The maximum atomic E-state index is 5.77. The van der Waals surface area contributed by atoms with Gasteiger partial charge in [-0.1, -0.05) is 25.1 Å². The molecule has 0 bridgehead atoms. The molecule has 1 aliphatic heterocycles. The van der Waals surface area contributed by atoms with E-state index in [2.05, 4.69) is 40.2 Å². The van der Waals surface area contributed by atoms with Crippen LogP contribution < -0.4 is 4.74 Å². The molecule has 4 nitrogen and oxygen atoms in total. The molecule has 1 atom stereocenters. The van der Waals surface area contributed by atoms with Crippen LogP contribution in [0.25, 0.3) is 0 Å². The van der Waals surface area contributed by atoms with Gasteiger partial charge in [-0.05, 0) is 44.4 Å². The Morgan fingerprint density at radius 3 is 2.96 bits per heavy atom. The van der Waals surface area contributed by atoms with E-state index in [4.69, 9.17) is 4.74 Å². The number of piperidine rings is 1. The van der Waals surface area contributed by atoms with Crippen molar-refractivity contribution in [2.75, 3.05) is 19.7 Å². The van der Waals surface area contributed by atoms with E-state index in [1.807, 2.05) is 19.2 Å². The highest BCUT2D eigenvalue weighted by atomic mass is 16.5. The minimum absolute atomic E-state index is 0.570. The molecule has 124 valence electrons. The quantitative estimate of drug-likeness (QED) is 0.883. The van der Waals surface area contributed by atoms with E-state index in [9.17, 15) is 0 Å². The van der Waals surface area contributed by atoms with Gasteiger partial charge < -0.3 is 4.74 Å². The molecule has 0 aliphatic carbocycles. The number of ether oxygens (including phenoxy) is 1. The second-order valence-electron chi connectivity index (χ2n) is 6.28. The van der Waals surface area contributed by atoms with Gasteiger partial charge in [0.05, 0.1) is 12.8 Å². The minimum Gasteiger partial charge on any atom is -0.494 e. The molecule has 1 N–H and O–H groups in total. The molecule has 0 saturated carbocycles. The number of nitrogens with zero attached hydrogens (tertiary/aromatic N) is 2. The molecule has 1 saturated heterocycles. The Kier molecular flexibility index (Phi) is 5.34. The van der Waals surface area contributed by atoms with Crippen LogP contribution in [0.3, 0.4) is 0 Å². The smallest absolute Gasteiger partial charge is 0.123 e. The fourth-order valence-electron chi connectivity index (χ4n) is 3.56. The molecule has 1 fully saturated rings. The highest BCUT2D eigenvalue weighted by Gasteiger charge is 2.24. The van der Waals surface area contributed by atoms with Crippen molar-refractivity contribution in [2.24, 2.45) is 0 Å². The van der Waals surface area contributed by atoms with Gasteiger partial charge in [0, 0.05) is 30.3 Å². The van der Waals surface area contributed by atoms with Gasteiger partial charge in [-0.15, -0.1) is 0 Å². The van der Waals surface area contributed by atoms with Crippen LogP contribution in [0.15, 0.2) is 30.5 Å². The third kappa shape index (κ3) is 3.75. The Hall–Kier alpha value is -1.81. The van der Waals surface area contributed by atoms with E-state index in [0.717, 1.165) is 31.8 Å². The van der Waals surface area contributed by atoms with Crippen molar-refractivity contribution in [3.05, 3.63) is 47.3 Å². The summed E-state index contributed by atoms with van der Waals surface area (Å²) in [6.07, 6.45) is 5.52. The van der Waals surface area contributed by atoms with Crippen LogP contribution in [0.5, 0.6) is 5.75 Å². The van der Waals surface area contributed by atoms with Gasteiger partial charge in [0.2, 0.25) is 0 Å². The van der Waals surface area contributed by atoms with Crippen LogP contribution in [0.2, 0.25) is 0 Å². The molecule has 0 radical (unpaired) electrons. The standard InChI is InChI=1S/C19H27N3O/c1-3-15-12-20-21-19(15)17-9-7-11-22(14-17)13-16-8-5-6-10-18(16)23-4-2/h5-6,8,10,12,17H,3-4,7,9,11,13-14H2,1-2H3,(H,20,21)/t17-/m1/s1. The monoisotopic (exact) mass is 313 g/mol. The molecule has 3 rings (SSSR count). The van der Waals surface area contributed by atoms with Crippen LogP contribution in [0, 0.1) is 0 Å². The van der Waals surface area contributed by atoms with Gasteiger partial charge in [0.15, 0.2) is 0 Å². The summed E-state index contributed by atoms with van der Waals surface area (Å²) < 4.78 is 5.77. The summed E-state index contributed by atoms with van der Waals surface area (Å²) in [6, 6.07) is 8.40. The summed E-state index contributed by atoms with van der Waals surface area (Å²) in [6.45, 7) is 8.17. The first-order valence-corrected chi connectivity index (χ1v) is 8.77. The second kappa shape index (κ2) is 7.64. The second-order valence-corrected chi connectivity index (χ2v) is 6.28. The molecule has 1 aromatic carbocycles. The molecule has 23 heavy (non-hydrogen) atoms. The predicted octanol–water partition coefficient (Wildman–Crippen LogP) is 3.75. The Morgan fingerprint density at radius 2 is 2.13 bits per heavy atom. The maximum Gasteiger partial charge on any atom is 0.123 e. The molecule has 1 aromatic heterocycles. The lowest BCUT2D eigenvalue weighted by molar-refractivity contribution is 0.195. The van der Waals surface area contributed by atoms with Gasteiger partial charge in [-0.3, -0.25) is 10.00 Å². The number of benzene rings is 1. The lowest BCUT2D eigenvalue weighted by Crippen LogP contribution is -2.34. The van der Waals surface area contributed by atoms with Crippen molar-refractivity contribution in [1.29, 1.82) is 0 Å². The van der Waals surface area contributed by atoms with E-state index in [-0.39, 0.29) is 0 Å². The van der Waals surface area contributed by atoms with E-state index in [1.54, 1.807) is 0 Å². The molecule has 2 aromatic rings. The summed E-state index contributed by atoms with van der Waals surface area (Å²) in [4.78, 5) is 2.55. The summed E-state index contributed by atoms with van der Waals surface area (Å²) in [5, 5.41) is 7.49. The number of H-pyrrole nitrogens is 1. The fourth-order valence-corrected chi connectivity index (χ4v) is 3.56. The number of likely N-dealkylation sites (tertiary alicyclic amines) is 1. The number of rotatable bonds is 6. The molecule has 0 spiro atoms. The predicted molar refractivity (Wildman–Crippen MR) is 92.8 cm³/mol. The lowest BCUT2D eigenvalue weighted by Gasteiger charge is -2.33. The molecular formula is C19H27N3O. The Balaban J connectivity index is 1.70. The Bertz CT molecular complexity index is 623. The summed E-state index contributed by atoms with van der Waals surface area (Å²) >= 11 is 0. The van der Waals surface area contributed by atoms with Gasteiger partial charge in [0.1, 0.15) is 5.75 Å². The highest BCUT2D eigenvalue weighted by molar-refractivity contribution is 5.33. The summed E-state index contributed by atoms with van der Waals surface area (Å²) in [5.41, 5.74) is 4.00. The van der Waals surface area contributed by atoms with Crippen LogP contribution in [0.4, 0.5) is 0 Å². The lowest BCUT2D eigenvalue weighted by atomic mass is 9.91. The molecule has 0 unspecified atom stereocenters. The fraction of sp³-hybridized carbons (Fsp3) is 0.526. The topological polar surface area (TPSA) is 41.1 Å². The average molecular weight is 313 g/mol. The Labute approximate surface area is 138 Å². The number of aromatic amines is 1. The first-order chi connectivity index (χ1) is 11.3. The van der Waals surface area contributed by atoms with Gasteiger partial charge in [0.25, 0.3) is 0 Å². The molecular weight excluding hydrogens is 286 g/mol. The van der Waals surface area contributed by atoms with Crippen LogP contribution in [0.1, 0.15) is 49.4 Å². The molecule has 2 heterocycles. The van der Waals surface area contributed by atoms with Crippen LogP contribution in [-0.4, -0.2) is 34.8 Å². The zero-order valence-corrected chi connectivity index (χ0v) is 14.2. The largest absolute Gasteiger partial charge is 0.494 e. The molecule has 4 heteroatoms. The van der Waals surface area contributed by atoms with Gasteiger partial charge in [-0.2, -0.15) is 5.10 Å². The number of hydrogen-bond donors (Lipinski definition) is 1. The van der Waals surface area contributed by atoms with Gasteiger partial charge >= 0.3 is 0 Å². The number of hydrogen-bond acceptors (Lipinski definition) is 3. The van der Waals surface area contributed by atoms with Crippen LogP contribution in [-0.2, 0) is 13.0 Å². The van der Waals surface area contributed by atoms with E-state index < -0.39 is 0 Å². The van der Waals surface area contributed by atoms with E-state index in [0.29, 0.717) is 12.5 Å². The number of para-hydroxylation sites is 1. The Morgan fingerprint density at radius 1 is 1.26 bits per heavy atom. The highest BCUT2D eigenvalue weighted by Crippen LogP contribution is 2.30. The third-order valence-corrected chi connectivity index (χ3v) is 4.71. The zero-order valence-electron chi connectivity index (χ0n) is 14.2. The van der Waals surface area contributed by atoms with Crippen molar-refractivity contribution in [3.63, 3.8) is 0 Å². The first-order valence-electron chi connectivity index (χ1n) is 8.77. The van der Waals surface area contributed by atoms with Crippen LogP contribution >= 0.6 is 0 Å². The summed E-state index contributed by atoms with van der Waals surface area (Å²) in [5.74, 6) is 1.59. The maximum absolute atomic E-state index is 5.77. The van der Waals surface area contributed by atoms with Crippen molar-refractivity contribution in [1.82, 2.24) is 15.1 Å². The zero-order chi connectivity index (χ0) is 16.1. The van der Waals surface area contributed by atoms with Crippen molar-refractivity contribution < 1.29 is 4.74 Å². The number of aryl methyl sites for hydroxylation is 1. The van der Waals surface area contributed by atoms with Crippen molar-refractivity contribution in [3.8, 4) is 5.75 Å². The van der Waals surface area contributed by atoms with Gasteiger partial charge in [-0.25, -0.2) is 0 Å². The summed E-state index contributed by atoms with van der Waals surface area (Å²) in [7, 11) is 0. The normalized spacial score (nSPS) is 19.0. The molecule has 0 amide bonds. The number of aromatic nitrogens is 2. The average Bonchev–Trinajstić information content (AvgIpc) is 3.06. The SMILES string of the molecule is CCOc1ccccc1CN1CCC[C@@H](c2[nH]ncc2CC)C1. The van der Waals surface area contributed by atoms with Crippen molar-refractivity contribution in [2.45, 2.75) is 45.6 Å². The van der Waals surface area contributed by atoms with E-state index in [1.165, 1.54) is 29.7 Å². The van der Waals surface area contributed by atoms with Crippen molar-refractivity contribution >= 4 is 0 Å². The third-order valence-electron chi connectivity index (χ3n) is 4.71. The first kappa shape index (κ1) is 16.1. The molecule has 1 aliphatic rings. The minimum atomic E-state index is 0.570.